The summed E-state index contributed by atoms with van der Waals surface area (Å²) < 4.78 is 17.1. The fourth-order valence-corrected chi connectivity index (χ4v) is 9.91. The molecule has 214 valence electrons. The first-order valence-corrected chi connectivity index (χ1v) is 14.6. The molecule has 2 heterocycles. The van der Waals surface area contributed by atoms with Crippen LogP contribution >= 0.6 is 0 Å². The molecule has 0 bridgehead atoms. The van der Waals surface area contributed by atoms with E-state index in [1.807, 2.05) is 0 Å². The Bertz CT molecular complexity index is 970. The van der Waals surface area contributed by atoms with Crippen LogP contribution in [0.25, 0.3) is 0 Å². The number of cyclic esters (lactones) is 1. The Labute approximate surface area is 224 Å². The molecule has 5 fully saturated rings. The van der Waals surface area contributed by atoms with E-state index in [-0.39, 0.29) is 53.2 Å². The molecule has 0 aromatic carbocycles. The van der Waals surface area contributed by atoms with Gasteiger partial charge in [0.15, 0.2) is 6.29 Å². The second-order valence-corrected chi connectivity index (χ2v) is 13.4. The standard InChI is InChI=1S/C29H44O9/c1-15-23(32)24(33)25(34)26(37-15)38-18-5-9-28(14-30)17(12-18)3-4-21-20(28)6-8-27(2)19(7-10-29(21,27)35)16-11-22(31)36-13-16/h11,15,17-21,23-26,30,32-35H,3-10,12-14H2,1-2H3/t15-,17-,18+,19-,20+,21-,23+,24-,25-,26+,27-,28-,29+/m1/s1. The summed E-state index contributed by atoms with van der Waals surface area (Å²) in [6.07, 6.45) is 3.35. The van der Waals surface area contributed by atoms with E-state index in [0.29, 0.717) is 19.4 Å². The number of hydrogen-bond acceptors (Lipinski definition) is 9. The van der Waals surface area contributed by atoms with Crippen molar-refractivity contribution in [2.24, 2.45) is 34.5 Å². The highest BCUT2D eigenvalue weighted by Crippen LogP contribution is 2.70. The molecule has 4 aliphatic carbocycles. The number of carbonyl (C=O) groups is 1. The molecule has 6 rings (SSSR count). The highest BCUT2D eigenvalue weighted by Gasteiger charge is 2.68. The molecular formula is C29H44O9. The van der Waals surface area contributed by atoms with Crippen LogP contribution in [0, 0.1) is 34.5 Å². The average Bonchev–Trinajstić information content (AvgIpc) is 3.45. The molecule has 0 radical (unpaired) electrons. The fraction of sp³-hybridized carbons (Fsp3) is 0.897. The lowest BCUT2D eigenvalue weighted by molar-refractivity contribution is -0.311. The van der Waals surface area contributed by atoms with Crippen molar-refractivity contribution in [2.75, 3.05) is 13.2 Å². The maximum Gasteiger partial charge on any atom is 0.331 e. The summed E-state index contributed by atoms with van der Waals surface area (Å²) in [4.78, 5) is 11.8. The Hall–Kier alpha value is -1.07. The topological polar surface area (TPSA) is 146 Å². The number of fused-ring (bicyclic) bond motifs is 5. The maximum absolute atomic E-state index is 12.4. The predicted molar refractivity (Wildman–Crippen MR) is 134 cm³/mol. The minimum absolute atomic E-state index is 0.0831. The van der Waals surface area contributed by atoms with E-state index in [0.717, 1.165) is 50.5 Å². The molecule has 38 heavy (non-hydrogen) atoms. The Kier molecular flexibility index (Phi) is 6.78. The zero-order chi connectivity index (χ0) is 27.0. The van der Waals surface area contributed by atoms with Crippen LogP contribution in [-0.4, -0.2) is 87.1 Å². The van der Waals surface area contributed by atoms with E-state index in [4.69, 9.17) is 14.2 Å². The quantitative estimate of drug-likeness (QED) is 0.266. The monoisotopic (exact) mass is 536 g/mol. The van der Waals surface area contributed by atoms with Gasteiger partial charge in [-0.25, -0.2) is 4.79 Å². The molecular weight excluding hydrogens is 492 g/mol. The summed E-state index contributed by atoms with van der Waals surface area (Å²) in [5, 5.41) is 53.9. The zero-order valence-corrected chi connectivity index (χ0v) is 22.5. The summed E-state index contributed by atoms with van der Waals surface area (Å²) in [6.45, 7) is 4.27. The molecule has 0 unspecified atom stereocenters. The first-order valence-electron chi connectivity index (χ1n) is 14.6. The highest BCUT2D eigenvalue weighted by molar-refractivity contribution is 5.85. The fourth-order valence-electron chi connectivity index (χ4n) is 9.91. The molecule has 5 N–H and O–H groups in total. The van der Waals surface area contributed by atoms with Gasteiger partial charge < -0.3 is 39.7 Å². The maximum atomic E-state index is 12.4. The first-order chi connectivity index (χ1) is 18.0. The van der Waals surface area contributed by atoms with E-state index in [2.05, 4.69) is 6.92 Å². The summed E-state index contributed by atoms with van der Waals surface area (Å²) in [7, 11) is 0. The molecule has 13 atom stereocenters. The number of ether oxygens (including phenoxy) is 3. The van der Waals surface area contributed by atoms with Crippen molar-refractivity contribution in [1.82, 2.24) is 0 Å². The van der Waals surface area contributed by atoms with E-state index >= 15 is 0 Å². The lowest BCUT2D eigenvalue weighted by atomic mass is 9.43. The lowest BCUT2D eigenvalue weighted by Crippen LogP contribution is -2.64. The van der Waals surface area contributed by atoms with Crippen LogP contribution in [0.1, 0.15) is 71.6 Å². The van der Waals surface area contributed by atoms with Gasteiger partial charge in [-0.15, -0.1) is 0 Å². The second-order valence-electron chi connectivity index (χ2n) is 13.4. The van der Waals surface area contributed by atoms with Crippen LogP contribution in [0.3, 0.4) is 0 Å². The minimum atomic E-state index is -1.32. The van der Waals surface area contributed by atoms with Crippen molar-refractivity contribution in [3.63, 3.8) is 0 Å². The van der Waals surface area contributed by atoms with Crippen molar-refractivity contribution in [2.45, 2.75) is 114 Å². The van der Waals surface area contributed by atoms with E-state index in [1.54, 1.807) is 13.0 Å². The Morgan fingerprint density at radius 3 is 2.50 bits per heavy atom. The summed E-state index contributed by atoms with van der Waals surface area (Å²) in [6, 6.07) is 0. The molecule has 0 amide bonds. The molecule has 1 saturated heterocycles. The third kappa shape index (κ3) is 3.80. The van der Waals surface area contributed by atoms with Gasteiger partial charge in [-0.1, -0.05) is 6.92 Å². The van der Waals surface area contributed by atoms with Crippen molar-refractivity contribution >= 4 is 5.97 Å². The number of aliphatic hydroxyl groups is 5. The van der Waals surface area contributed by atoms with Gasteiger partial charge in [-0.05, 0) is 99.4 Å². The molecule has 0 spiro atoms. The van der Waals surface area contributed by atoms with Crippen LogP contribution in [0.2, 0.25) is 0 Å². The molecule has 2 aliphatic heterocycles. The van der Waals surface area contributed by atoms with Crippen LogP contribution < -0.4 is 0 Å². The summed E-state index contributed by atoms with van der Waals surface area (Å²) in [5.74, 6) is 0.414. The van der Waals surface area contributed by atoms with Crippen LogP contribution in [0.4, 0.5) is 0 Å². The van der Waals surface area contributed by atoms with E-state index in [9.17, 15) is 30.3 Å². The van der Waals surface area contributed by atoms with Gasteiger partial charge in [0.05, 0.1) is 17.8 Å². The third-order valence-electron chi connectivity index (χ3n) is 12.1. The van der Waals surface area contributed by atoms with Gasteiger partial charge in [-0.3, -0.25) is 0 Å². The zero-order valence-electron chi connectivity index (χ0n) is 22.5. The third-order valence-corrected chi connectivity index (χ3v) is 12.1. The Balaban J connectivity index is 1.19. The van der Waals surface area contributed by atoms with Crippen LogP contribution in [-0.2, 0) is 19.0 Å². The molecule has 0 aromatic heterocycles. The number of hydrogen-bond donors (Lipinski definition) is 5. The number of carbonyl (C=O) groups excluding carboxylic acids is 1. The Morgan fingerprint density at radius 1 is 1.00 bits per heavy atom. The normalized spacial score (nSPS) is 54.5. The number of esters is 1. The van der Waals surface area contributed by atoms with Crippen molar-refractivity contribution < 1.29 is 44.5 Å². The van der Waals surface area contributed by atoms with Gasteiger partial charge in [0, 0.05) is 18.1 Å². The van der Waals surface area contributed by atoms with Gasteiger partial charge in [-0.2, -0.15) is 0 Å². The van der Waals surface area contributed by atoms with E-state index < -0.39 is 36.3 Å². The first kappa shape index (κ1) is 27.1. The predicted octanol–water partition coefficient (Wildman–Crippen LogP) is 1.43. The van der Waals surface area contributed by atoms with Crippen molar-refractivity contribution in [3.05, 3.63) is 11.6 Å². The second kappa shape index (κ2) is 9.50. The summed E-state index contributed by atoms with van der Waals surface area (Å²) in [5.41, 5.74) is -0.401. The highest BCUT2D eigenvalue weighted by atomic mass is 16.7. The summed E-state index contributed by atoms with van der Waals surface area (Å²) >= 11 is 0. The van der Waals surface area contributed by atoms with Crippen LogP contribution in [0.15, 0.2) is 11.6 Å². The van der Waals surface area contributed by atoms with Gasteiger partial charge in [0.2, 0.25) is 0 Å². The molecule has 6 aliphatic rings. The number of rotatable bonds is 4. The van der Waals surface area contributed by atoms with Gasteiger partial charge in [0.25, 0.3) is 0 Å². The molecule has 9 heteroatoms. The van der Waals surface area contributed by atoms with Crippen molar-refractivity contribution in [1.29, 1.82) is 0 Å². The van der Waals surface area contributed by atoms with Crippen molar-refractivity contribution in [3.8, 4) is 0 Å². The SMILES string of the molecule is C[C@H]1O[C@@H](O[C@H]2CC[C@@]3(CO)[C@H](CC[C@@H]4[C@@H]3CC[C@]3(C)[C@@H](C5=CC(=O)OC5)CC[C@]43O)C2)[C@H](O)[C@H](O)[C@H]1O. The smallest absolute Gasteiger partial charge is 0.331 e. The average molecular weight is 537 g/mol. The van der Waals surface area contributed by atoms with Gasteiger partial charge in [0.1, 0.15) is 24.9 Å². The van der Waals surface area contributed by atoms with E-state index in [1.165, 1.54) is 0 Å². The minimum Gasteiger partial charge on any atom is -0.458 e. The lowest BCUT2D eigenvalue weighted by Gasteiger charge is -2.64. The largest absolute Gasteiger partial charge is 0.458 e. The number of aliphatic hydroxyl groups excluding tert-OH is 4. The molecule has 9 nitrogen and oxygen atoms in total. The molecule has 0 aromatic rings. The molecule has 4 saturated carbocycles. The van der Waals surface area contributed by atoms with Gasteiger partial charge >= 0.3 is 5.97 Å². The Morgan fingerprint density at radius 2 is 1.79 bits per heavy atom. The van der Waals surface area contributed by atoms with Crippen LogP contribution in [0.5, 0.6) is 0 Å².